The minimum absolute atomic E-state index is 0.0270. The molecule has 1 saturated heterocycles. The summed E-state index contributed by atoms with van der Waals surface area (Å²) in [6.45, 7) is 0.508. The molecule has 1 aliphatic rings. The fraction of sp³-hybridized carbons (Fsp3) is 0.375. The molecule has 124 valence electrons. The van der Waals surface area contributed by atoms with Crippen LogP contribution in [0.3, 0.4) is 0 Å². The van der Waals surface area contributed by atoms with Gasteiger partial charge in [0.2, 0.25) is 0 Å². The molecule has 8 heteroatoms. The lowest BCUT2D eigenvalue weighted by molar-refractivity contribution is 0.0679. The van der Waals surface area contributed by atoms with E-state index in [2.05, 4.69) is 20.4 Å². The summed E-state index contributed by atoms with van der Waals surface area (Å²) in [6, 6.07) is 7.43. The zero-order chi connectivity index (χ0) is 16.7. The number of fused-ring (bicyclic) bond motifs is 1. The largest absolute Gasteiger partial charge is 0.380 e. The van der Waals surface area contributed by atoms with E-state index in [1.165, 1.54) is 0 Å². The van der Waals surface area contributed by atoms with Gasteiger partial charge in [0.15, 0.2) is 11.5 Å². The standard InChI is InChI=1S/C16H18N6O2/c1-21-9-17-20-15(21)13-7-10(24-2)8-22(13)16(23)14-11-5-3-4-6-12(11)18-19-14/h3-6,9-10,13H,7-8H2,1-2H3,(H,18,19)/t10-,13+/m1/s1. The molecule has 2 atom stereocenters. The van der Waals surface area contributed by atoms with Crippen molar-refractivity contribution in [2.24, 2.45) is 7.05 Å². The molecule has 8 nitrogen and oxygen atoms in total. The first kappa shape index (κ1) is 14.8. The number of benzene rings is 1. The van der Waals surface area contributed by atoms with E-state index >= 15 is 0 Å². The third-order valence-electron chi connectivity index (χ3n) is 4.57. The molecule has 1 N–H and O–H groups in total. The number of methoxy groups -OCH3 is 1. The summed E-state index contributed by atoms with van der Waals surface area (Å²) in [6.07, 6.45) is 2.31. The van der Waals surface area contributed by atoms with Crippen LogP contribution in [0, 0.1) is 0 Å². The van der Waals surface area contributed by atoms with Crippen LogP contribution in [-0.2, 0) is 11.8 Å². The van der Waals surface area contributed by atoms with Crippen molar-refractivity contribution in [3.05, 3.63) is 42.1 Å². The first-order chi connectivity index (χ1) is 11.7. The normalized spacial score (nSPS) is 20.8. The Labute approximate surface area is 138 Å². The second-order valence-electron chi connectivity index (χ2n) is 5.98. The summed E-state index contributed by atoms with van der Waals surface area (Å²) in [5.41, 5.74) is 1.27. The van der Waals surface area contributed by atoms with Gasteiger partial charge in [-0.25, -0.2) is 0 Å². The van der Waals surface area contributed by atoms with Gasteiger partial charge in [-0.15, -0.1) is 10.2 Å². The highest BCUT2D eigenvalue weighted by Gasteiger charge is 2.40. The molecule has 3 aromatic rings. The van der Waals surface area contributed by atoms with Gasteiger partial charge in [0.05, 0.1) is 17.7 Å². The molecule has 0 saturated carbocycles. The number of nitrogens with zero attached hydrogens (tertiary/aromatic N) is 5. The lowest BCUT2D eigenvalue weighted by Gasteiger charge is -2.22. The Morgan fingerprint density at radius 3 is 2.96 bits per heavy atom. The van der Waals surface area contributed by atoms with E-state index in [-0.39, 0.29) is 18.1 Å². The summed E-state index contributed by atoms with van der Waals surface area (Å²) in [7, 11) is 3.54. The van der Waals surface area contributed by atoms with Crippen molar-refractivity contribution in [3.8, 4) is 0 Å². The van der Waals surface area contributed by atoms with Crippen molar-refractivity contribution >= 4 is 16.8 Å². The number of carbonyl (C=O) groups excluding carboxylic acids is 1. The lowest BCUT2D eigenvalue weighted by atomic mass is 10.1. The van der Waals surface area contributed by atoms with Crippen LogP contribution < -0.4 is 0 Å². The van der Waals surface area contributed by atoms with Gasteiger partial charge in [0.1, 0.15) is 6.33 Å². The number of likely N-dealkylation sites (tertiary alicyclic amines) is 1. The fourth-order valence-electron chi connectivity index (χ4n) is 3.29. The molecule has 4 rings (SSSR count). The van der Waals surface area contributed by atoms with Crippen LogP contribution in [0.2, 0.25) is 0 Å². The molecule has 0 unspecified atom stereocenters. The maximum atomic E-state index is 13.1. The molecule has 1 fully saturated rings. The minimum atomic E-state index is -0.176. The average Bonchev–Trinajstić information content (AvgIpc) is 3.31. The first-order valence-corrected chi connectivity index (χ1v) is 7.79. The van der Waals surface area contributed by atoms with Crippen LogP contribution in [0.5, 0.6) is 0 Å². The number of hydrogen-bond acceptors (Lipinski definition) is 5. The zero-order valence-electron chi connectivity index (χ0n) is 13.5. The topological polar surface area (TPSA) is 88.9 Å². The second kappa shape index (κ2) is 5.72. The summed E-state index contributed by atoms with van der Waals surface area (Å²) >= 11 is 0. The highest BCUT2D eigenvalue weighted by atomic mass is 16.5. The molecule has 0 spiro atoms. The quantitative estimate of drug-likeness (QED) is 0.783. The van der Waals surface area contributed by atoms with Crippen LogP contribution in [0.15, 0.2) is 30.6 Å². The van der Waals surface area contributed by atoms with Gasteiger partial charge in [0.25, 0.3) is 5.91 Å². The summed E-state index contributed by atoms with van der Waals surface area (Å²) < 4.78 is 7.32. The highest BCUT2D eigenvalue weighted by molar-refractivity contribution is 6.04. The molecule has 0 radical (unpaired) electrons. The van der Waals surface area contributed by atoms with E-state index in [1.807, 2.05) is 35.9 Å². The van der Waals surface area contributed by atoms with Crippen molar-refractivity contribution < 1.29 is 9.53 Å². The SMILES string of the molecule is CO[C@@H]1C[C@@H](c2nncn2C)N(C(=O)c2n[nH]c3ccccc23)C1. The molecule has 0 bridgehead atoms. The molecule has 1 amide bonds. The Kier molecular flexibility index (Phi) is 3.53. The number of ether oxygens (including phenoxy) is 1. The molecule has 3 heterocycles. The summed E-state index contributed by atoms with van der Waals surface area (Å²) in [4.78, 5) is 14.9. The minimum Gasteiger partial charge on any atom is -0.380 e. The van der Waals surface area contributed by atoms with Crippen LogP contribution >= 0.6 is 0 Å². The number of nitrogens with one attached hydrogen (secondary N) is 1. The van der Waals surface area contributed by atoms with E-state index in [0.29, 0.717) is 18.7 Å². The maximum absolute atomic E-state index is 13.1. The number of para-hydroxylation sites is 1. The van der Waals surface area contributed by atoms with Crippen molar-refractivity contribution in [1.29, 1.82) is 0 Å². The number of hydrogen-bond donors (Lipinski definition) is 1. The van der Waals surface area contributed by atoms with Gasteiger partial charge in [-0.1, -0.05) is 18.2 Å². The molecule has 0 aliphatic carbocycles. The smallest absolute Gasteiger partial charge is 0.275 e. The van der Waals surface area contributed by atoms with Gasteiger partial charge < -0.3 is 14.2 Å². The van der Waals surface area contributed by atoms with Crippen molar-refractivity contribution in [2.45, 2.75) is 18.6 Å². The Hall–Kier alpha value is -2.74. The van der Waals surface area contributed by atoms with Gasteiger partial charge in [-0.3, -0.25) is 9.89 Å². The van der Waals surface area contributed by atoms with Gasteiger partial charge >= 0.3 is 0 Å². The number of amides is 1. The third kappa shape index (κ3) is 2.26. The number of aromatic nitrogens is 5. The Bertz CT molecular complexity index is 885. The number of aryl methyl sites for hydroxylation is 1. The van der Waals surface area contributed by atoms with Crippen LogP contribution in [0.4, 0.5) is 0 Å². The maximum Gasteiger partial charge on any atom is 0.275 e. The van der Waals surface area contributed by atoms with E-state index in [4.69, 9.17) is 4.74 Å². The highest BCUT2D eigenvalue weighted by Crippen LogP contribution is 2.33. The van der Waals surface area contributed by atoms with Crippen molar-refractivity contribution in [2.75, 3.05) is 13.7 Å². The third-order valence-corrected chi connectivity index (χ3v) is 4.57. The Morgan fingerprint density at radius 2 is 2.21 bits per heavy atom. The summed E-state index contributed by atoms with van der Waals surface area (Å²) in [5.74, 6) is 0.628. The number of rotatable bonds is 3. The Morgan fingerprint density at radius 1 is 1.38 bits per heavy atom. The Balaban J connectivity index is 1.72. The monoisotopic (exact) mass is 326 g/mol. The van der Waals surface area contributed by atoms with Crippen LogP contribution in [-0.4, -0.2) is 55.5 Å². The van der Waals surface area contributed by atoms with Gasteiger partial charge in [0, 0.05) is 32.5 Å². The summed E-state index contributed by atoms with van der Waals surface area (Å²) in [5, 5.41) is 16.1. The fourth-order valence-corrected chi connectivity index (χ4v) is 3.29. The van der Waals surface area contributed by atoms with E-state index in [1.54, 1.807) is 18.3 Å². The average molecular weight is 326 g/mol. The lowest BCUT2D eigenvalue weighted by Crippen LogP contribution is -2.33. The molecular formula is C16H18N6O2. The predicted molar refractivity (Wildman–Crippen MR) is 86.3 cm³/mol. The molecule has 1 aliphatic heterocycles. The van der Waals surface area contributed by atoms with Gasteiger partial charge in [-0.2, -0.15) is 5.10 Å². The molecule has 2 aromatic heterocycles. The second-order valence-corrected chi connectivity index (χ2v) is 5.98. The number of H-pyrrole nitrogens is 1. The molecular weight excluding hydrogens is 308 g/mol. The molecule has 24 heavy (non-hydrogen) atoms. The van der Waals surface area contributed by atoms with E-state index < -0.39 is 0 Å². The van der Waals surface area contributed by atoms with Gasteiger partial charge in [-0.05, 0) is 6.07 Å². The van der Waals surface area contributed by atoms with E-state index in [0.717, 1.165) is 16.7 Å². The van der Waals surface area contributed by atoms with Crippen molar-refractivity contribution in [3.63, 3.8) is 0 Å². The van der Waals surface area contributed by atoms with E-state index in [9.17, 15) is 4.79 Å². The first-order valence-electron chi connectivity index (χ1n) is 7.79. The predicted octanol–water partition coefficient (Wildman–Crippen LogP) is 1.29. The number of aromatic amines is 1. The number of carbonyl (C=O) groups is 1. The van der Waals surface area contributed by atoms with Crippen LogP contribution in [0.1, 0.15) is 28.8 Å². The van der Waals surface area contributed by atoms with Crippen molar-refractivity contribution in [1.82, 2.24) is 29.9 Å². The van der Waals surface area contributed by atoms with Crippen LogP contribution in [0.25, 0.3) is 10.9 Å². The molecule has 1 aromatic carbocycles. The zero-order valence-corrected chi connectivity index (χ0v) is 13.5.